The second-order valence-corrected chi connectivity index (χ2v) is 8.33. The number of hydrazone groups is 1. The van der Waals surface area contributed by atoms with Gasteiger partial charge in [-0.25, -0.2) is 4.98 Å². The van der Waals surface area contributed by atoms with Crippen LogP contribution in [-0.4, -0.2) is 51.5 Å². The molecule has 0 bridgehead atoms. The molecule has 2 aliphatic heterocycles. The molecule has 0 aromatic carbocycles. The van der Waals surface area contributed by atoms with E-state index in [0.717, 1.165) is 42.9 Å². The van der Waals surface area contributed by atoms with Crippen LogP contribution in [-0.2, 0) is 0 Å². The molecule has 1 saturated heterocycles. The molecule has 5 rings (SSSR count). The number of nitrogens with zero attached hydrogens (tertiary/aromatic N) is 6. The predicted molar refractivity (Wildman–Crippen MR) is 127 cm³/mol. The van der Waals surface area contributed by atoms with Gasteiger partial charge < -0.3 is 20.6 Å². The van der Waals surface area contributed by atoms with Gasteiger partial charge in [-0.15, -0.1) is 0 Å². The van der Waals surface area contributed by atoms with Crippen molar-refractivity contribution in [2.45, 2.75) is 38.3 Å². The van der Waals surface area contributed by atoms with Gasteiger partial charge in [-0.3, -0.25) is 14.4 Å². The second kappa shape index (κ2) is 9.49. The van der Waals surface area contributed by atoms with Crippen LogP contribution in [0.2, 0.25) is 0 Å². The Kier molecular flexibility index (Phi) is 6.10. The third-order valence-corrected chi connectivity index (χ3v) is 6.12. The largest absolute Gasteiger partial charge is 0.491 e. The molecule has 10 nitrogen and oxygen atoms in total. The Bertz CT molecular complexity index is 1300. The summed E-state index contributed by atoms with van der Waals surface area (Å²) in [4.78, 5) is 13.8. The van der Waals surface area contributed by atoms with Gasteiger partial charge in [-0.1, -0.05) is 0 Å². The summed E-state index contributed by atoms with van der Waals surface area (Å²) < 4.78 is 13.9. The Hall–Kier alpha value is -3.97. The number of nitriles is 1. The zero-order chi connectivity index (χ0) is 23.5. The van der Waals surface area contributed by atoms with E-state index in [9.17, 15) is 5.26 Å². The smallest absolute Gasteiger partial charge is 0.201 e. The van der Waals surface area contributed by atoms with Crippen LogP contribution in [0.5, 0.6) is 11.6 Å². The summed E-state index contributed by atoms with van der Waals surface area (Å²) in [5, 5.41) is 17.1. The van der Waals surface area contributed by atoms with E-state index in [1.807, 2.05) is 31.2 Å². The van der Waals surface area contributed by atoms with Crippen molar-refractivity contribution in [3.8, 4) is 17.7 Å². The molecule has 2 aliphatic rings. The lowest BCUT2D eigenvalue weighted by molar-refractivity contribution is 0.125. The van der Waals surface area contributed by atoms with E-state index in [1.165, 1.54) is 6.20 Å². The molecule has 1 fully saturated rings. The van der Waals surface area contributed by atoms with E-state index in [2.05, 4.69) is 26.5 Å². The standard InChI is InChI=1S/C24H26N8O2/c1-15(30-17-4-8-27-9-5-17)23(31-26)16-11-21-29-14-18(13-25)32(21)22(12-16)34-20-6-10-33-19-3-2-7-28-24(19)20/h2-3,7,11-12,14,17,20,27H,4-6,8-10,26H2,1H3/b30-15?,31-23+. The van der Waals surface area contributed by atoms with Crippen LogP contribution in [0.15, 0.2) is 46.8 Å². The minimum atomic E-state index is -0.333. The van der Waals surface area contributed by atoms with Crippen LogP contribution in [0.3, 0.4) is 0 Å². The molecule has 0 amide bonds. The van der Waals surface area contributed by atoms with Crippen LogP contribution < -0.4 is 20.6 Å². The molecule has 0 saturated carbocycles. The number of fused-ring (bicyclic) bond motifs is 2. The zero-order valence-electron chi connectivity index (χ0n) is 18.9. The van der Waals surface area contributed by atoms with Crippen LogP contribution in [0.25, 0.3) is 5.65 Å². The first kappa shape index (κ1) is 21.9. The lowest BCUT2D eigenvalue weighted by Gasteiger charge is -2.26. The quantitative estimate of drug-likeness (QED) is 0.340. The van der Waals surface area contributed by atoms with E-state index < -0.39 is 0 Å². The van der Waals surface area contributed by atoms with E-state index in [0.29, 0.717) is 41.7 Å². The molecule has 10 heteroatoms. The molecule has 1 atom stereocenters. The number of hydrogen-bond acceptors (Lipinski definition) is 9. The number of ether oxygens (including phenoxy) is 2. The number of nitrogens with one attached hydrogen (secondary N) is 1. The molecule has 34 heavy (non-hydrogen) atoms. The van der Waals surface area contributed by atoms with Gasteiger partial charge in [0.2, 0.25) is 5.88 Å². The number of aliphatic imine (C=N–C) groups is 1. The Morgan fingerprint density at radius 2 is 2.15 bits per heavy atom. The van der Waals surface area contributed by atoms with Crippen molar-refractivity contribution in [2.75, 3.05) is 19.7 Å². The first-order valence-electron chi connectivity index (χ1n) is 11.4. The predicted octanol–water partition coefficient (Wildman–Crippen LogP) is 2.38. The lowest BCUT2D eigenvalue weighted by Crippen LogP contribution is -2.31. The monoisotopic (exact) mass is 458 g/mol. The van der Waals surface area contributed by atoms with Crippen molar-refractivity contribution >= 4 is 17.1 Å². The first-order valence-corrected chi connectivity index (χ1v) is 11.4. The molecule has 0 spiro atoms. The maximum atomic E-state index is 9.64. The van der Waals surface area contributed by atoms with Gasteiger partial charge in [0.15, 0.2) is 0 Å². The van der Waals surface area contributed by atoms with Crippen LogP contribution in [0.4, 0.5) is 0 Å². The Balaban J connectivity index is 1.55. The normalized spacial score (nSPS) is 19.4. The number of aromatic nitrogens is 3. The Morgan fingerprint density at radius 3 is 2.94 bits per heavy atom. The fourth-order valence-electron chi connectivity index (χ4n) is 4.47. The van der Waals surface area contributed by atoms with Crippen molar-refractivity contribution in [1.29, 1.82) is 5.26 Å². The van der Waals surface area contributed by atoms with E-state index in [4.69, 9.17) is 20.3 Å². The van der Waals surface area contributed by atoms with Crippen molar-refractivity contribution in [2.24, 2.45) is 15.9 Å². The third kappa shape index (κ3) is 4.18. The summed E-state index contributed by atoms with van der Waals surface area (Å²) in [7, 11) is 0. The van der Waals surface area contributed by atoms with E-state index in [-0.39, 0.29) is 12.1 Å². The average Bonchev–Trinajstić information content (AvgIpc) is 3.29. The molecular formula is C24H26N8O2. The molecule has 0 radical (unpaired) electrons. The minimum absolute atomic E-state index is 0.235. The number of imidazole rings is 1. The Morgan fingerprint density at radius 1 is 1.29 bits per heavy atom. The molecule has 0 aliphatic carbocycles. The highest BCUT2D eigenvalue weighted by Gasteiger charge is 2.26. The maximum Gasteiger partial charge on any atom is 0.201 e. The van der Waals surface area contributed by atoms with Gasteiger partial charge in [0, 0.05) is 24.2 Å². The summed E-state index contributed by atoms with van der Waals surface area (Å²) in [5.74, 6) is 6.99. The summed E-state index contributed by atoms with van der Waals surface area (Å²) >= 11 is 0. The van der Waals surface area contributed by atoms with Crippen LogP contribution in [0.1, 0.15) is 49.2 Å². The summed E-state index contributed by atoms with van der Waals surface area (Å²) in [6.45, 7) is 4.33. The minimum Gasteiger partial charge on any atom is -0.491 e. The van der Waals surface area contributed by atoms with Crippen LogP contribution >= 0.6 is 0 Å². The molecule has 174 valence electrons. The molecule has 5 heterocycles. The Labute approximate surface area is 197 Å². The number of nitrogens with two attached hydrogens (primary N) is 1. The molecule has 3 aromatic rings. The number of pyridine rings is 2. The first-order chi connectivity index (χ1) is 16.7. The highest BCUT2D eigenvalue weighted by molar-refractivity contribution is 6.47. The molecule has 3 N–H and O–H groups in total. The average molecular weight is 459 g/mol. The summed E-state index contributed by atoms with van der Waals surface area (Å²) in [6, 6.07) is 9.80. The third-order valence-electron chi connectivity index (χ3n) is 6.12. The maximum absolute atomic E-state index is 9.64. The SMILES string of the molecule is CC(=NC1CCNCC1)/C(=N\N)c1cc(OC2CCOc3cccnc32)n2c(C#N)cnc2c1. The van der Waals surface area contributed by atoms with Crippen LogP contribution in [0, 0.1) is 11.3 Å². The van der Waals surface area contributed by atoms with Crippen molar-refractivity contribution < 1.29 is 9.47 Å². The van der Waals surface area contributed by atoms with Crippen molar-refractivity contribution in [3.05, 3.63) is 53.6 Å². The topological polar surface area (TPSA) is 135 Å². The summed E-state index contributed by atoms with van der Waals surface area (Å²) in [6.07, 6.45) is 5.49. The highest BCUT2D eigenvalue weighted by Crippen LogP contribution is 2.34. The van der Waals surface area contributed by atoms with Gasteiger partial charge >= 0.3 is 0 Å². The van der Waals surface area contributed by atoms with E-state index >= 15 is 0 Å². The van der Waals surface area contributed by atoms with Gasteiger partial charge in [0.05, 0.1) is 24.6 Å². The number of hydrogen-bond donors (Lipinski definition) is 2. The van der Waals surface area contributed by atoms with Crippen molar-refractivity contribution in [3.63, 3.8) is 0 Å². The highest BCUT2D eigenvalue weighted by atomic mass is 16.5. The van der Waals surface area contributed by atoms with E-state index in [1.54, 1.807) is 10.6 Å². The van der Waals surface area contributed by atoms with Gasteiger partial charge in [-0.2, -0.15) is 10.4 Å². The molecule has 1 unspecified atom stereocenters. The molecular weight excluding hydrogens is 432 g/mol. The van der Waals surface area contributed by atoms with Gasteiger partial charge in [0.1, 0.15) is 40.7 Å². The van der Waals surface area contributed by atoms with Crippen molar-refractivity contribution in [1.82, 2.24) is 19.7 Å². The molecule has 3 aromatic heterocycles. The fourth-order valence-corrected chi connectivity index (χ4v) is 4.47. The second-order valence-electron chi connectivity index (χ2n) is 8.33. The number of piperidine rings is 1. The fraction of sp³-hybridized carbons (Fsp3) is 0.375. The lowest BCUT2D eigenvalue weighted by atomic mass is 10.0. The van der Waals surface area contributed by atoms with Gasteiger partial charge in [0.25, 0.3) is 0 Å². The van der Waals surface area contributed by atoms with Gasteiger partial charge in [-0.05, 0) is 51.1 Å². The zero-order valence-corrected chi connectivity index (χ0v) is 18.9. The number of rotatable bonds is 5. The summed E-state index contributed by atoms with van der Waals surface area (Å²) in [5.41, 5.74) is 3.71.